The van der Waals surface area contributed by atoms with Crippen LogP contribution in [0.4, 0.5) is 13.2 Å². The predicted octanol–water partition coefficient (Wildman–Crippen LogP) is 4.04. The quantitative estimate of drug-likeness (QED) is 0.580. The highest BCUT2D eigenvalue weighted by Gasteiger charge is 2.30. The van der Waals surface area contributed by atoms with Crippen LogP contribution in [-0.2, 0) is 25.7 Å². The molecule has 2 heterocycles. The van der Waals surface area contributed by atoms with Gasteiger partial charge in [0.1, 0.15) is 11.6 Å². The lowest BCUT2D eigenvalue weighted by molar-refractivity contribution is -0.137. The number of aromatic nitrogens is 2. The summed E-state index contributed by atoms with van der Waals surface area (Å²) in [4.78, 5) is 22.2. The van der Waals surface area contributed by atoms with E-state index in [0.29, 0.717) is 60.1 Å². The lowest BCUT2D eigenvalue weighted by Crippen LogP contribution is -2.35. The Balaban J connectivity index is 1.57. The molecule has 0 atom stereocenters. The molecule has 1 aliphatic heterocycles. The fraction of sp³-hybridized carbons (Fsp3) is 0.333. The van der Waals surface area contributed by atoms with Crippen LogP contribution in [0.15, 0.2) is 41.2 Å². The highest BCUT2D eigenvalue weighted by Crippen LogP contribution is 2.36. The summed E-state index contributed by atoms with van der Waals surface area (Å²) in [5.74, 6) is 2.04. The molecule has 10 heteroatoms. The molecule has 3 aromatic rings. The minimum absolute atomic E-state index is 0.257. The zero-order chi connectivity index (χ0) is 24.5. The van der Waals surface area contributed by atoms with E-state index < -0.39 is 11.7 Å². The van der Waals surface area contributed by atoms with Gasteiger partial charge in [0.25, 0.3) is 5.56 Å². The second kappa shape index (κ2) is 9.38. The number of methoxy groups -OCH3 is 3. The maximum Gasteiger partial charge on any atom is 0.416 e. The van der Waals surface area contributed by atoms with Crippen molar-refractivity contribution >= 4 is 0 Å². The molecule has 0 spiro atoms. The molecule has 7 nitrogen and oxygen atoms in total. The number of nitrogens with zero attached hydrogens (tertiary/aromatic N) is 2. The molecule has 2 aromatic carbocycles. The van der Waals surface area contributed by atoms with E-state index in [0.717, 1.165) is 17.7 Å². The van der Waals surface area contributed by atoms with Crippen molar-refractivity contribution in [2.75, 3.05) is 27.9 Å². The van der Waals surface area contributed by atoms with Gasteiger partial charge in [0, 0.05) is 43.2 Å². The molecule has 0 saturated carbocycles. The molecule has 0 unspecified atom stereocenters. The molecule has 0 bridgehead atoms. The first-order valence-corrected chi connectivity index (χ1v) is 10.5. The minimum atomic E-state index is -4.42. The van der Waals surface area contributed by atoms with Gasteiger partial charge in [0.05, 0.1) is 38.2 Å². The Bertz CT molecular complexity index is 1240. The standard InChI is InChI=1S/C24H24F3N3O4/c1-32-19-11-21(34-3)20(33-2)10-15(19)12-30-9-8-18-17(13-30)23(31)29-22(28-18)14-4-6-16(7-5-14)24(25,26)27/h4-7,10-11H,8-9,12-13H2,1-3H3,(H,28,29,31). The van der Waals surface area contributed by atoms with Crippen molar-refractivity contribution in [3.63, 3.8) is 0 Å². The summed E-state index contributed by atoms with van der Waals surface area (Å²) < 4.78 is 54.7. The summed E-state index contributed by atoms with van der Waals surface area (Å²) in [6.07, 6.45) is -3.89. The van der Waals surface area contributed by atoms with E-state index in [9.17, 15) is 18.0 Å². The maximum atomic E-state index is 12.8. The van der Waals surface area contributed by atoms with Crippen molar-refractivity contribution in [2.24, 2.45) is 0 Å². The van der Waals surface area contributed by atoms with Crippen molar-refractivity contribution in [1.82, 2.24) is 14.9 Å². The molecule has 1 aliphatic rings. The molecule has 0 fully saturated rings. The number of rotatable bonds is 6. The number of fused-ring (bicyclic) bond motifs is 1. The van der Waals surface area contributed by atoms with Crippen LogP contribution < -0.4 is 19.8 Å². The van der Waals surface area contributed by atoms with E-state index in [1.807, 2.05) is 6.07 Å². The number of hydrogen-bond donors (Lipinski definition) is 1. The number of benzene rings is 2. The van der Waals surface area contributed by atoms with Gasteiger partial charge in [-0.3, -0.25) is 9.69 Å². The van der Waals surface area contributed by atoms with Crippen LogP contribution in [-0.4, -0.2) is 42.7 Å². The fourth-order valence-corrected chi connectivity index (χ4v) is 4.03. The van der Waals surface area contributed by atoms with Gasteiger partial charge in [-0.2, -0.15) is 13.2 Å². The Morgan fingerprint density at radius 3 is 2.26 bits per heavy atom. The lowest BCUT2D eigenvalue weighted by atomic mass is 10.0. The predicted molar refractivity (Wildman–Crippen MR) is 119 cm³/mol. The number of alkyl halides is 3. The minimum Gasteiger partial charge on any atom is -0.496 e. The summed E-state index contributed by atoms with van der Waals surface area (Å²) in [5.41, 5.74) is 1.44. The molecule has 1 aromatic heterocycles. The van der Waals surface area contributed by atoms with Gasteiger partial charge in [-0.05, 0) is 18.2 Å². The Morgan fingerprint density at radius 1 is 1.00 bits per heavy atom. The van der Waals surface area contributed by atoms with Crippen molar-refractivity contribution in [3.05, 3.63) is 69.1 Å². The third kappa shape index (κ3) is 4.72. The SMILES string of the molecule is COc1cc(OC)c(OC)cc1CN1CCc2nc(-c3ccc(C(F)(F)F)cc3)[nH]c(=O)c2C1. The molecule has 1 N–H and O–H groups in total. The summed E-state index contributed by atoms with van der Waals surface area (Å²) >= 11 is 0. The third-order valence-corrected chi connectivity index (χ3v) is 5.81. The van der Waals surface area contributed by atoms with E-state index in [2.05, 4.69) is 14.9 Å². The number of aromatic amines is 1. The second-order valence-electron chi connectivity index (χ2n) is 7.89. The third-order valence-electron chi connectivity index (χ3n) is 5.81. The first kappa shape index (κ1) is 23.6. The summed E-state index contributed by atoms with van der Waals surface area (Å²) in [6, 6.07) is 8.19. The first-order valence-electron chi connectivity index (χ1n) is 10.5. The van der Waals surface area contributed by atoms with Crippen molar-refractivity contribution in [2.45, 2.75) is 25.7 Å². The monoisotopic (exact) mass is 475 g/mol. The average molecular weight is 475 g/mol. The molecule has 0 saturated heterocycles. The molecule has 4 rings (SSSR count). The van der Waals surface area contributed by atoms with Crippen LogP contribution in [0.1, 0.15) is 22.4 Å². The van der Waals surface area contributed by atoms with Crippen LogP contribution in [0.25, 0.3) is 11.4 Å². The van der Waals surface area contributed by atoms with E-state index >= 15 is 0 Å². The number of H-pyrrole nitrogens is 1. The highest BCUT2D eigenvalue weighted by atomic mass is 19.4. The van der Waals surface area contributed by atoms with Crippen molar-refractivity contribution < 1.29 is 27.4 Å². The Kier molecular flexibility index (Phi) is 6.52. The first-order chi connectivity index (χ1) is 16.2. The Labute approximate surface area is 194 Å². The van der Waals surface area contributed by atoms with Gasteiger partial charge < -0.3 is 19.2 Å². The second-order valence-corrected chi connectivity index (χ2v) is 7.89. The smallest absolute Gasteiger partial charge is 0.416 e. The molecule has 34 heavy (non-hydrogen) atoms. The largest absolute Gasteiger partial charge is 0.496 e. The number of hydrogen-bond acceptors (Lipinski definition) is 6. The summed E-state index contributed by atoms with van der Waals surface area (Å²) in [7, 11) is 4.69. The van der Waals surface area contributed by atoms with Gasteiger partial charge >= 0.3 is 6.18 Å². The molecule has 180 valence electrons. The fourth-order valence-electron chi connectivity index (χ4n) is 4.03. The van der Waals surface area contributed by atoms with E-state index in [4.69, 9.17) is 14.2 Å². The zero-order valence-electron chi connectivity index (χ0n) is 19.0. The van der Waals surface area contributed by atoms with E-state index in [1.165, 1.54) is 12.1 Å². The lowest BCUT2D eigenvalue weighted by Gasteiger charge is -2.28. The van der Waals surface area contributed by atoms with Gasteiger partial charge in [-0.25, -0.2) is 4.98 Å². The van der Waals surface area contributed by atoms with Gasteiger partial charge in [-0.1, -0.05) is 12.1 Å². The highest BCUT2D eigenvalue weighted by molar-refractivity contribution is 5.56. The average Bonchev–Trinajstić information content (AvgIpc) is 2.83. The van der Waals surface area contributed by atoms with Gasteiger partial charge in [0.15, 0.2) is 11.5 Å². The maximum absolute atomic E-state index is 12.8. The van der Waals surface area contributed by atoms with Crippen LogP contribution >= 0.6 is 0 Å². The Morgan fingerprint density at radius 2 is 1.65 bits per heavy atom. The van der Waals surface area contributed by atoms with E-state index in [1.54, 1.807) is 27.4 Å². The van der Waals surface area contributed by atoms with Crippen LogP contribution in [0.3, 0.4) is 0 Å². The van der Waals surface area contributed by atoms with Gasteiger partial charge in [0.2, 0.25) is 0 Å². The molecular formula is C24H24F3N3O4. The van der Waals surface area contributed by atoms with E-state index in [-0.39, 0.29) is 11.4 Å². The summed E-state index contributed by atoms with van der Waals surface area (Å²) in [5, 5.41) is 0. The zero-order valence-corrected chi connectivity index (χ0v) is 19.0. The van der Waals surface area contributed by atoms with Crippen LogP contribution in [0, 0.1) is 0 Å². The van der Waals surface area contributed by atoms with Crippen LogP contribution in [0.2, 0.25) is 0 Å². The topological polar surface area (TPSA) is 76.7 Å². The Hall–Kier alpha value is -3.53. The number of halogens is 3. The van der Waals surface area contributed by atoms with Crippen molar-refractivity contribution in [3.8, 4) is 28.6 Å². The van der Waals surface area contributed by atoms with Crippen molar-refractivity contribution in [1.29, 1.82) is 0 Å². The van der Waals surface area contributed by atoms with Gasteiger partial charge in [-0.15, -0.1) is 0 Å². The molecule has 0 amide bonds. The number of nitrogens with one attached hydrogen (secondary N) is 1. The van der Waals surface area contributed by atoms with Crippen LogP contribution in [0.5, 0.6) is 17.2 Å². The molecule has 0 radical (unpaired) electrons. The molecular weight excluding hydrogens is 451 g/mol. The summed E-state index contributed by atoms with van der Waals surface area (Å²) in [6.45, 7) is 1.54. The number of ether oxygens (including phenoxy) is 3. The normalized spacial score (nSPS) is 13.9. The molecule has 0 aliphatic carbocycles.